The predicted molar refractivity (Wildman–Crippen MR) is 115 cm³/mol. The number of urea groups is 1. The van der Waals surface area contributed by atoms with Crippen molar-refractivity contribution in [2.45, 2.75) is 6.92 Å². The van der Waals surface area contributed by atoms with E-state index in [2.05, 4.69) is 10.6 Å². The molecule has 3 aromatic rings. The molecule has 7 heteroatoms. The molecule has 1 aliphatic heterocycles. The topological polar surface area (TPSA) is 70.7 Å². The van der Waals surface area contributed by atoms with Gasteiger partial charge in [-0.15, -0.1) is 0 Å². The van der Waals surface area contributed by atoms with Crippen LogP contribution >= 0.6 is 11.6 Å². The summed E-state index contributed by atoms with van der Waals surface area (Å²) in [5.74, 6) is 0.825. The summed E-state index contributed by atoms with van der Waals surface area (Å²) in [6, 6.07) is 17.0. The number of carbonyl (C=O) groups is 2. The first-order valence-electron chi connectivity index (χ1n) is 8.95. The average molecular weight is 408 g/mol. The summed E-state index contributed by atoms with van der Waals surface area (Å²) in [5.41, 5.74) is 3.17. The number of amides is 3. The number of aryl methyl sites for hydroxylation is 1. The molecule has 29 heavy (non-hydrogen) atoms. The van der Waals surface area contributed by atoms with Crippen molar-refractivity contribution >= 4 is 40.6 Å². The standard InChI is InChI=1S/C22H18ClN3O3/c1-13-3-9-20-18(11-13)26(2)21(27)17-12-16(8-10-19(17)29-20)25-22(28)24-15-6-4-14(23)5-7-15/h3-12H,1-2H3,(H2,24,25,28). The van der Waals surface area contributed by atoms with E-state index in [4.69, 9.17) is 16.3 Å². The third kappa shape index (κ3) is 3.88. The molecule has 2 N–H and O–H groups in total. The van der Waals surface area contributed by atoms with Crippen LogP contribution in [0.3, 0.4) is 0 Å². The van der Waals surface area contributed by atoms with Gasteiger partial charge in [0, 0.05) is 23.4 Å². The number of nitrogens with one attached hydrogen (secondary N) is 2. The van der Waals surface area contributed by atoms with Gasteiger partial charge in [-0.25, -0.2) is 4.79 Å². The number of ether oxygens (including phenoxy) is 1. The van der Waals surface area contributed by atoms with Crippen molar-refractivity contribution in [1.29, 1.82) is 0 Å². The highest BCUT2D eigenvalue weighted by Crippen LogP contribution is 2.39. The van der Waals surface area contributed by atoms with Crippen LogP contribution in [0.4, 0.5) is 21.9 Å². The van der Waals surface area contributed by atoms with Gasteiger partial charge in [0.25, 0.3) is 5.91 Å². The Balaban J connectivity index is 1.57. The Labute approximate surface area is 173 Å². The van der Waals surface area contributed by atoms with Crippen LogP contribution in [0.1, 0.15) is 15.9 Å². The van der Waals surface area contributed by atoms with Gasteiger partial charge in [-0.3, -0.25) is 4.79 Å². The number of anilines is 3. The lowest BCUT2D eigenvalue weighted by molar-refractivity contribution is 0.0993. The maximum absolute atomic E-state index is 13.0. The molecular formula is C22H18ClN3O3. The molecule has 0 radical (unpaired) electrons. The van der Waals surface area contributed by atoms with E-state index in [9.17, 15) is 9.59 Å². The number of benzene rings is 3. The zero-order valence-corrected chi connectivity index (χ0v) is 16.6. The molecule has 0 bridgehead atoms. The van der Waals surface area contributed by atoms with Crippen LogP contribution in [-0.4, -0.2) is 19.0 Å². The number of fused-ring (bicyclic) bond motifs is 2. The van der Waals surface area contributed by atoms with Gasteiger partial charge in [-0.2, -0.15) is 0 Å². The largest absolute Gasteiger partial charge is 0.454 e. The monoisotopic (exact) mass is 407 g/mol. The minimum Gasteiger partial charge on any atom is -0.454 e. The highest BCUT2D eigenvalue weighted by Gasteiger charge is 2.26. The molecule has 0 saturated carbocycles. The zero-order valence-electron chi connectivity index (χ0n) is 15.8. The highest BCUT2D eigenvalue weighted by atomic mass is 35.5. The second-order valence-corrected chi connectivity index (χ2v) is 7.17. The van der Waals surface area contributed by atoms with E-state index in [1.54, 1.807) is 54.4 Å². The number of halogens is 1. The first kappa shape index (κ1) is 18.8. The molecule has 4 rings (SSSR count). The van der Waals surface area contributed by atoms with Crippen LogP contribution in [0.25, 0.3) is 0 Å². The highest BCUT2D eigenvalue weighted by molar-refractivity contribution is 6.30. The van der Waals surface area contributed by atoms with Crippen LogP contribution < -0.4 is 20.3 Å². The Morgan fingerprint density at radius 1 is 0.931 bits per heavy atom. The first-order valence-corrected chi connectivity index (χ1v) is 9.33. The molecule has 3 aromatic carbocycles. The van der Waals surface area contributed by atoms with E-state index in [0.29, 0.717) is 39.1 Å². The Kier molecular flexibility index (Phi) is 4.86. The van der Waals surface area contributed by atoms with E-state index in [0.717, 1.165) is 5.56 Å². The summed E-state index contributed by atoms with van der Waals surface area (Å²) >= 11 is 5.85. The number of hydrogen-bond acceptors (Lipinski definition) is 3. The molecule has 0 atom stereocenters. The van der Waals surface area contributed by atoms with Gasteiger partial charge in [-0.05, 0) is 67.1 Å². The molecule has 1 heterocycles. The smallest absolute Gasteiger partial charge is 0.323 e. The van der Waals surface area contributed by atoms with E-state index >= 15 is 0 Å². The maximum Gasteiger partial charge on any atom is 0.323 e. The fraction of sp³-hybridized carbons (Fsp3) is 0.0909. The van der Waals surface area contributed by atoms with Crippen molar-refractivity contribution < 1.29 is 14.3 Å². The first-order chi connectivity index (χ1) is 13.9. The lowest BCUT2D eigenvalue weighted by Crippen LogP contribution is -2.25. The third-order valence-corrected chi connectivity index (χ3v) is 4.82. The van der Waals surface area contributed by atoms with Crippen molar-refractivity contribution in [2.24, 2.45) is 0 Å². The molecule has 1 aliphatic rings. The van der Waals surface area contributed by atoms with Gasteiger partial charge >= 0.3 is 6.03 Å². The van der Waals surface area contributed by atoms with Crippen LogP contribution in [0.15, 0.2) is 60.7 Å². The van der Waals surface area contributed by atoms with Gasteiger partial charge in [-0.1, -0.05) is 17.7 Å². The van der Waals surface area contributed by atoms with Crippen molar-refractivity contribution in [3.8, 4) is 11.5 Å². The Hall–Kier alpha value is -3.51. The SMILES string of the molecule is Cc1ccc2c(c1)N(C)C(=O)c1cc(NC(=O)Nc3ccc(Cl)cc3)ccc1O2. The maximum atomic E-state index is 13.0. The molecule has 0 fully saturated rings. The zero-order chi connectivity index (χ0) is 20.5. The third-order valence-electron chi connectivity index (χ3n) is 4.57. The predicted octanol–water partition coefficient (Wildman–Crippen LogP) is 5.67. The minimum atomic E-state index is -0.429. The molecular weight excluding hydrogens is 390 g/mol. The second kappa shape index (κ2) is 7.48. The number of nitrogens with zero attached hydrogens (tertiary/aromatic N) is 1. The lowest BCUT2D eigenvalue weighted by Gasteiger charge is -2.16. The number of carbonyl (C=O) groups excluding carboxylic acids is 2. The fourth-order valence-corrected chi connectivity index (χ4v) is 3.20. The molecule has 6 nitrogen and oxygen atoms in total. The summed E-state index contributed by atoms with van der Waals surface area (Å²) in [7, 11) is 1.70. The quantitative estimate of drug-likeness (QED) is 0.574. The number of rotatable bonds is 2. The molecule has 0 unspecified atom stereocenters. The van der Waals surface area contributed by atoms with E-state index in [-0.39, 0.29) is 5.91 Å². The molecule has 0 aliphatic carbocycles. The summed E-state index contributed by atoms with van der Waals surface area (Å²) in [4.78, 5) is 26.8. The van der Waals surface area contributed by atoms with Gasteiger partial charge in [0.1, 0.15) is 5.75 Å². The van der Waals surface area contributed by atoms with Gasteiger partial charge in [0.05, 0.1) is 11.3 Å². The minimum absolute atomic E-state index is 0.217. The molecule has 3 amide bonds. The molecule has 0 spiro atoms. The van der Waals surface area contributed by atoms with Crippen LogP contribution in [-0.2, 0) is 0 Å². The van der Waals surface area contributed by atoms with Crippen molar-refractivity contribution in [2.75, 3.05) is 22.6 Å². The van der Waals surface area contributed by atoms with Crippen molar-refractivity contribution in [3.63, 3.8) is 0 Å². The molecule has 0 aromatic heterocycles. The van der Waals surface area contributed by atoms with E-state index < -0.39 is 6.03 Å². The Bertz CT molecular complexity index is 1110. The van der Waals surface area contributed by atoms with Gasteiger partial charge in [0.15, 0.2) is 5.75 Å². The summed E-state index contributed by atoms with van der Waals surface area (Å²) in [6.07, 6.45) is 0. The van der Waals surface area contributed by atoms with Crippen LogP contribution in [0.2, 0.25) is 5.02 Å². The normalized spacial score (nSPS) is 12.4. The van der Waals surface area contributed by atoms with Gasteiger partial charge < -0.3 is 20.3 Å². The lowest BCUT2D eigenvalue weighted by atomic mass is 10.1. The van der Waals surface area contributed by atoms with Gasteiger partial charge in [0.2, 0.25) is 0 Å². The molecule has 0 saturated heterocycles. The Morgan fingerprint density at radius 2 is 1.59 bits per heavy atom. The number of hydrogen-bond donors (Lipinski definition) is 2. The summed E-state index contributed by atoms with van der Waals surface area (Å²) in [5, 5.41) is 6.03. The summed E-state index contributed by atoms with van der Waals surface area (Å²) < 4.78 is 5.96. The summed E-state index contributed by atoms with van der Waals surface area (Å²) in [6.45, 7) is 1.96. The van der Waals surface area contributed by atoms with E-state index in [1.807, 2.05) is 25.1 Å². The molecule has 146 valence electrons. The second-order valence-electron chi connectivity index (χ2n) is 6.73. The fourth-order valence-electron chi connectivity index (χ4n) is 3.07. The average Bonchev–Trinajstić information content (AvgIpc) is 2.80. The van der Waals surface area contributed by atoms with Crippen LogP contribution in [0, 0.1) is 6.92 Å². The Morgan fingerprint density at radius 3 is 2.34 bits per heavy atom. The van der Waals surface area contributed by atoms with E-state index in [1.165, 1.54) is 0 Å². The van der Waals surface area contributed by atoms with Crippen molar-refractivity contribution in [3.05, 3.63) is 76.8 Å². The van der Waals surface area contributed by atoms with Crippen molar-refractivity contribution in [1.82, 2.24) is 0 Å². The van der Waals surface area contributed by atoms with Crippen LogP contribution in [0.5, 0.6) is 11.5 Å².